The number of ether oxygens (including phenoxy) is 1. The molecule has 0 fully saturated rings. The van der Waals surface area contributed by atoms with Crippen molar-refractivity contribution in [1.29, 1.82) is 0 Å². The van der Waals surface area contributed by atoms with Gasteiger partial charge in [0.2, 0.25) is 0 Å². The molecule has 0 heterocycles. The Bertz CT molecular complexity index is 569. The maximum absolute atomic E-state index is 13.4. The monoisotopic (exact) mass is 273 g/mol. The fraction of sp³-hybridized carbons (Fsp3) is 0.294. The molecule has 0 unspecified atom stereocenters. The van der Waals surface area contributed by atoms with Gasteiger partial charge in [-0.3, -0.25) is 0 Å². The van der Waals surface area contributed by atoms with Gasteiger partial charge in [0.25, 0.3) is 0 Å². The molecule has 0 aliphatic carbocycles. The van der Waals surface area contributed by atoms with E-state index in [1.165, 1.54) is 6.07 Å². The van der Waals surface area contributed by atoms with Gasteiger partial charge in [-0.2, -0.15) is 0 Å². The van der Waals surface area contributed by atoms with Crippen LogP contribution in [-0.2, 0) is 6.54 Å². The smallest absolute Gasteiger partial charge is 0.123 e. The summed E-state index contributed by atoms with van der Waals surface area (Å²) in [6.45, 7) is 3.84. The molecule has 2 nitrogen and oxygen atoms in total. The molecule has 0 aromatic heterocycles. The van der Waals surface area contributed by atoms with Crippen LogP contribution in [-0.4, -0.2) is 13.7 Å². The molecule has 1 N–H and O–H groups in total. The molecule has 3 heteroatoms. The van der Waals surface area contributed by atoms with E-state index in [2.05, 4.69) is 12.2 Å². The van der Waals surface area contributed by atoms with E-state index in [0.29, 0.717) is 0 Å². The Morgan fingerprint density at radius 2 is 2.00 bits per heavy atom. The minimum absolute atomic E-state index is 0.217. The van der Waals surface area contributed by atoms with E-state index in [-0.39, 0.29) is 5.82 Å². The molecule has 106 valence electrons. The van der Waals surface area contributed by atoms with E-state index in [0.717, 1.165) is 42.0 Å². The normalized spacial score (nSPS) is 10.6. The minimum Gasteiger partial charge on any atom is -0.497 e. The van der Waals surface area contributed by atoms with Crippen molar-refractivity contribution in [2.45, 2.75) is 19.9 Å². The Balaban J connectivity index is 2.35. The Hall–Kier alpha value is -1.87. The van der Waals surface area contributed by atoms with Crippen molar-refractivity contribution in [3.8, 4) is 16.9 Å². The molecule has 0 saturated carbocycles. The molecule has 0 aliphatic rings. The lowest BCUT2D eigenvalue weighted by Gasteiger charge is -2.12. The average molecular weight is 273 g/mol. The number of hydrogen-bond donors (Lipinski definition) is 1. The summed E-state index contributed by atoms with van der Waals surface area (Å²) in [5, 5.41) is 3.38. The first-order valence-corrected chi connectivity index (χ1v) is 6.88. The van der Waals surface area contributed by atoms with Crippen LogP contribution in [0.25, 0.3) is 11.1 Å². The van der Waals surface area contributed by atoms with Gasteiger partial charge in [-0.1, -0.05) is 25.1 Å². The minimum atomic E-state index is -0.217. The largest absolute Gasteiger partial charge is 0.497 e. The molecule has 0 amide bonds. The zero-order chi connectivity index (χ0) is 14.4. The van der Waals surface area contributed by atoms with E-state index in [1.54, 1.807) is 19.2 Å². The third-order valence-corrected chi connectivity index (χ3v) is 3.19. The van der Waals surface area contributed by atoms with Gasteiger partial charge >= 0.3 is 0 Å². The molecule has 0 atom stereocenters. The molecule has 0 bridgehead atoms. The first-order chi connectivity index (χ1) is 9.74. The Kier molecular flexibility index (Phi) is 5.13. The van der Waals surface area contributed by atoms with Gasteiger partial charge in [0.1, 0.15) is 11.6 Å². The fourth-order valence-electron chi connectivity index (χ4n) is 2.18. The van der Waals surface area contributed by atoms with Crippen molar-refractivity contribution in [2.24, 2.45) is 0 Å². The molecule has 0 aliphatic heterocycles. The van der Waals surface area contributed by atoms with Gasteiger partial charge in [-0.15, -0.1) is 0 Å². The maximum Gasteiger partial charge on any atom is 0.123 e. The van der Waals surface area contributed by atoms with Gasteiger partial charge in [0.05, 0.1) is 7.11 Å². The van der Waals surface area contributed by atoms with Crippen molar-refractivity contribution in [3.05, 3.63) is 53.8 Å². The summed E-state index contributed by atoms with van der Waals surface area (Å²) >= 11 is 0. The predicted octanol–water partition coefficient (Wildman–Crippen LogP) is 4.00. The van der Waals surface area contributed by atoms with Crippen LogP contribution in [0.2, 0.25) is 0 Å². The lowest BCUT2D eigenvalue weighted by atomic mass is 9.99. The van der Waals surface area contributed by atoms with Crippen molar-refractivity contribution in [1.82, 2.24) is 5.32 Å². The van der Waals surface area contributed by atoms with Crippen LogP contribution < -0.4 is 10.1 Å². The lowest BCUT2D eigenvalue weighted by molar-refractivity contribution is 0.414. The molecular formula is C17H20FNO. The molecule has 0 saturated heterocycles. The van der Waals surface area contributed by atoms with Crippen LogP contribution in [0, 0.1) is 5.82 Å². The second-order valence-corrected chi connectivity index (χ2v) is 4.71. The highest BCUT2D eigenvalue weighted by molar-refractivity contribution is 5.68. The highest BCUT2D eigenvalue weighted by atomic mass is 19.1. The van der Waals surface area contributed by atoms with Crippen molar-refractivity contribution in [2.75, 3.05) is 13.7 Å². The van der Waals surface area contributed by atoms with E-state index in [4.69, 9.17) is 4.74 Å². The maximum atomic E-state index is 13.4. The number of methoxy groups -OCH3 is 1. The third kappa shape index (κ3) is 3.58. The summed E-state index contributed by atoms with van der Waals surface area (Å²) in [4.78, 5) is 0. The van der Waals surface area contributed by atoms with Crippen LogP contribution >= 0.6 is 0 Å². The molecule has 2 aromatic carbocycles. The first-order valence-electron chi connectivity index (χ1n) is 6.88. The average Bonchev–Trinajstić information content (AvgIpc) is 2.47. The Morgan fingerprint density at radius 3 is 2.70 bits per heavy atom. The number of hydrogen-bond acceptors (Lipinski definition) is 2. The zero-order valence-corrected chi connectivity index (χ0v) is 11.9. The Morgan fingerprint density at radius 1 is 1.15 bits per heavy atom. The van der Waals surface area contributed by atoms with Gasteiger partial charge in [0, 0.05) is 6.54 Å². The molecule has 2 aromatic rings. The first kappa shape index (κ1) is 14.5. The van der Waals surface area contributed by atoms with Crippen molar-refractivity contribution < 1.29 is 9.13 Å². The number of benzene rings is 2. The van der Waals surface area contributed by atoms with Crippen LogP contribution in [0.4, 0.5) is 4.39 Å². The SMILES string of the molecule is CCCNCc1cc(OC)ccc1-c1cccc(F)c1. The van der Waals surface area contributed by atoms with Crippen LogP contribution in [0.1, 0.15) is 18.9 Å². The zero-order valence-electron chi connectivity index (χ0n) is 11.9. The van der Waals surface area contributed by atoms with Gasteiger partial charge < -0.3 is 10.1 Å². The van der Waals surface area contributed by atoms with E-state index in [9.17, 15) is 4.39 Å². The van der Waals surface area contributed by atoms with Crippen molar-refractivity contribution >= 4 is 0 Å². The quantitative estimate of drug-likeness (QED) is 0.803. The van der Waals surface area contributed by atoms with E-state index >= 15 is 0 Å². The summed E-state index contributed by atoms with van der Waals surface area (Å²) in [5.74, 6) is 0.601. The van der Waals surface area contributed by atoms with E-state index in [1.807, 2.05) is 24.3 Å². The Labute approximate surface area is 119 Å². The predicted molar refractivity (Wildman–Crippen MR) is 80.4 cm³/mol. The van der Waals surface area contributed by atoms with Gasteiger partial charge in [0.15, 0.2) is 0 Å². The highest BCUT2D eigenvalue weighted by Gasteiger charge is 2.07. The van der Waals surface area contributed by atoms with Crippen LogP contribution in [0.3, 0.4) is 0 Å². The molecule has 2 rings (SSSR count). The van der Waals surface area contributed by atoms with Crippen molar-refractivity contribution in [3.63, 3.8) is 0 Å². The third-order valence-electron chi connectivity index (χ3n) is 3.19. The second kappa shape index (κ2) is 7.06. The lowest BCUT2D eigenvalue weighted by Crippen LogP contribution is -2.14. The molecule has 0 radical (unpaired) electrons. The summed E-state index contributed by atoms with van der Waals surface area (Å²) in [6.07, 6.45) is 1.08. The number of halogens is 1. The topological polar surface area (TPSA) is 21.3 Å². The molecular weight excluding hydrogens is 253 g/mol. The fourth-order valence-corrected chi connectivity index (χ4v) is 2.18. The standard InChI is InChI=1S/C17H20FNO/c1-3-9-19-12-14-11-16(20-2)7-8-17(14)13-5-4-6-15(18)10-13/h4-8,10-11,19H,3,9,12H2,1-2H3. The highest BCUT2D eigenvalue weighted by Crippen LogP contribution is 2.27. The van der Waals surface area contributed by atoms with Crippen LogP contribution in [0.5, 0.6) is 5.75 Å². The second-order valence-electron chi connectivity index (χ2n) is 4.71. The summed E-state index contributed by atoms with van der Waals surface area (Å²) in [6, 6.07) is 12.6. The van der Waals surface area contributed by atoms with Crippen LogP contribution in [0.15, 0.2) is 42.5 Å². The van der Waals surface area contributed by atoms with E-state index < -0.39 is 0 Å². The summed E-state index contributed by atoms with van der Waals surface area (Å²) in [5.41, 5.74) is 3.04. The number of rotatable bonds is 6. The number of nitrogens with one attached hydrogen (secondary N) is 1. The summed E-state index contributed by atoms with van der Waals surface area (Å²) < 4.78 is 18.7. The van der Waals surface area contributed by atoms with Gasteiger partial charge in [-0.05, 0) is 53.9 Å². The molecule has 0 spiro atoms. The summed E-state index contributed by atoms with van der Waals surface area (Å²) in [7, 11) is 1.65. The molecule has 20 heavy (non-hydrogen) atoms. The van der Waals surface area contributed by atoms with Gasteiger partial charge in [-0.25, -0.2) is 4.39 Å².